The second kappa shape index (κ2) is 4.26. The number of Topliss-reactive ketones (excluding diaryl/α,β-unsaturated/α-hetero) is 1. The normalized spacial score (nSPS) is 29.3. The number of piperidine rings is 1. The van der Waals surface area contributed by atoms with Crippen LogP contribution in [-0.4, -0.2) is 22.8 Å². The summed E-state index contributed by atoms with van der Waals surface area (Å²) >= 11 is 0. The van der Waals surface area contributed by atoms with Crippen LogP contribution in [0.4, 0.5) is 0 Å². The van der Waals surface area contributed by atoms with Gasteiger partial charge in [-0.3, -0.25) is 9.69 Å². The van der Waals surface area contributed by atoms with Crippen molar-refractivity contribution in [3.05, 3.63) is 35.9 Å². The molecular formula is C15H19NO. The predicted molar refractivity (Wildman–Crippen MR) is 67.7 cm³/mol. The van der Waals surface area contributed by atoms with Crippen LogP contribution in [0.3, 0.4) is 0 Å². The van der Waals surface area contributed by atoms with Crippen molar-refractivity contribution in [1.82, 2.24) is 4.90 Å². The molecule has 1 spiro atoms. The van der Waals surface area contributed by atoms with Crippen molar-refractivity contribution in [2.45, 2.75) is 44.2 Å². The van der Waals surface area contributed by atoms with E-state index in [0.717, 1.165) is 32.4 Å². The Hall–Kier alpha value is -1.15. The van der Waals surface area contributed by atoms with Gasteiger partial charge in [-0.25, -0.2) is 0 Å². The summed E-state index contributed by atoms with van der Waals surface area (Å²) in [6, 6.07) is 10.5. The van der Waals surface area contributed by atoms with Gasteiger partial charge in [0, 0.05) is 13.0 Å². The molecule has 0 bridgehead atoms. The molecule has 1 aliphatic carbocycles. The van der Waals surface area contributed by atoms with E-state index in [4.69, 9.17) is 0 Å². The van der Waals surface area contributed by atoms with Crippen molar-refractivity contribution in [2.75, 3.05) is 6.54 Å². The van der Waals surface area contributed by atoms with Crippen LogP contribution in [0.1, 0.15) is 37.7 Å². The number of hydrogen-bond acceptors (Lipinski definition) is 2. The topological polar surface area (TPSA) is 20.3 Å². The Kier molecular flexibility index (Phi) is 2.75. The molecule has 3 rings (SSSR count). The summed E-state index contributed by atoms with van der Waals surface area (Å²) in [5.41, 5.74) is 1.25. The van der Waals surface area contributed by atoms with Crippen molar-refractivity contribution in [1.29, 1.82) is 0 Å². The molecule has 1 saturated heterocycles. The molecule has 90 valence electrons. The standard InChI is InChI=1S/C15H19NO/c17-14-8-10-15(14)9-4-5-11-16(15)12-13-6-2-1-3-7-13/h1-3,6-7H,4-5,8-12H2. The molecule has 1 aliphatic heterocycles. The average Bonchev–Trinajstić information content (AvgIpc) is 2.39. The highest BCUT2D eigenvalue weighted by atomic mass is 16.1. The Morgan fingerprint density at radius 3 is 2.59 bits per heavy atom. The van der Waals surface area contributed by atoms with Crippen LogP contribution in [0.2, 0.25) is 0 Å². The summed E-state index contributed by atoms with van der Waals surface area (Å²) in [6.07, 6.45) is 5.42. The van der Waals surface area contributed by atoms with Gasteiger partial charge < -0.3 is 0 Å². The average molecular weight is 229 g/mol. The third-order valence-electron chi connectivity index (χ3n) is 4.37. The van der Waals surface area contributed by atoms with E-state index in [1.165, 1.54) is 18.4 Å². The monoisotopic (exact) mass is 229 g/mol. The first-order chi connectivity index (χ1) is 8.31. The first kappa shape index (κ1) is 11.0. The zero-order valence-corrected chi connectivity index (χ0v) is 10.2. The molecule has 1 aromatic rings. The van der Waals surface area contributed by atoms with Crippen molar-refractivity contribution >= 4 is 5.78 Å². The molecule has 1 saturated carbocycles. The van der Waals surface area contributed by atoms with Crippen molar-refractivity contribution in [3.8, 4) is 0 Å². The molecule has 2 aliphatic rings. The van der Waals surface area contributed by atoms with Crippen molar-refractivity contribution in [2.24, 2.45) is 0 Å². The quantitative estimate of drug-likeness (QED) is 0.777. The molecule has 2 fully saturated rings. The number of hydrogen-bond donors (Lipinski definition) is 0. The maximum Gasteiger partial charge on any atom is 0.153 e. The van der Waals surface area contributed by atoms with E-state index < -0.39 is 0 Å². The van der Waals surface area contributed by atoms with Gasteiger partial charge in [-0.2, -0.15) is 0 Å². The zero-order chi connectivity index (χ0) is 11.7. The van der Waals surface area contributed by atoms with Crippen LogP contribution in [0.15, 0.2) is 30.3 Å². The number of rotatable bonds is 2. The fourth-order valence-corrected chi connectivity index (χ4v) is 3.24. The summed E-state index contributed by atoms with van der Waals surface area (Å²) in [6.45, 7) is 2.02. The molecule has 2 heteroatoms. The van der Waals surface area contributed by atoms with E-state index in [2.05, 4.69) is 29.2 Å². The Morgan fingerprint density at radius 2 is 1.94 bits per heavy atom. The molecule has 1 heterocycles. The lowest BCUT2D eigenvalue weighted by molar-refractivity contribution is -0.146. The second-order valence-corrected chi connectivity index (χ2v) is 5.32. The van der Waals surface area contributed by atoms with Gasteiger partial charge in [-0.15, -0.1) is 0 Å². The smallest absolute Gasteiger partial charge is 0.153 e. The maximum absolute atomic E-state index is 12.0. The first-order valence-electron chi connectivity index (χ1n) is 6.64. The zero-order valence-electron chi connectivity index (χ0n) is 10.2. The fraction of sp³-hybridized carbons (Fsp3) is 0.533. The van der Waals surface area contributed by atoms with Crippen LogP contribution in [0.5, 0.6) is 0 Å². The molecule has 2 nitrogen and oxygen atoms in total. The third kappa shape index (κ3) is 1.81. The van der Waals surface area contributed by atoms with Gasteiger partial charge in [-0.05, 0) is 37.8 Å². The first-order valence-corrected chi connectivity index (χ1v) is 6.64. The van der Waals surface area contributed by atoms with E-state index in [-0.39, 0.29) is 5.54 Å². The minimum atomic E-state index is -0.0753. The lowest BCUT2D eigenvalue weighted by Gasteiger charge is -2.51. The highest BCUT2D eigenvalue weighted by molar-refractivity contribution is 5.94. The van der Waals surface area contributed by atoms with Crippen molar-refractivity contribution in [3.63, 3.8) is 0 Å². The van der Waals surface area contributed by atoms with E-state index >= 15 is 0 Å². The molecule has 0 aromatic heterocycles. The molecule has 1 atom stereocenters. The lowest BCUT2D eigenvalue weighted by atomic mass is 9.69. The molecule has 1 aromatic carbocycles. The highest BCUT2D eigenvalue weighted by Crippen LogP contribution is 2.42. The van der Waals surface area contributed by atoms with Crippen LogP contribution >= 0.6 is 0 Å². The van der Waals surface area contributed by atoms with E-state index in [1.807, 2.05) is 6.07 Å². The molecular weight excluding hydrogens is 210 g/mol. The summed E-state index contributed by atoms with van der Waals surface area (Å²) in [5, 5.41) is 0. The molecule has 0 N–H and O–H groups in total. The molecule has 0 radical (unpaired) electrons. The van der Waals surface area contributed by atoms with Gasteiger partial charge in [0.15, 0.2) is 5.78 Å². The van der Waals surface area contributed by atoms with Gasteiger partial charge in [0.1, 0.15) is 0 Å². The van der Waals surface area contributed by atoms with Crippen LogP contribution < -0.4 is 0 Å². The predicted octanol–water partition coefficient (Wildman–Crippen LogP) is 2.77. The van der Waals surface area contributed by atoms with E-state index in [0.29, 0.717) is 5.78 Å². The molecule has 0 amide bonds. The van der Waals surface area contributed by atoms with Crippen LogP contribution in [0, 0.1) is 0 Å². The summed E-state index contributed by atoms with van der Waals surface area (Å²) < 4.78 is 0. The largest absolute Gasteiger partial charge is 0.298 e. The Morgan fingerprint density at radius 1 is 1.12 bits per heavy atom. The number of likely N-dealkylation sites (tertiary alicyclic amines) is 1. The van der Waals surface area contributed by atoms with E-state index in [1.54, 1.807) is 0 Å². The molecule has 1 unspecified atom stereocenters. The number of benzene rings is 1. The summed E-state index contributed by atoms with van der Waals surface area (Å²) in [5.74, 6) is 0.480. The third-order valence-corrected chi connectivity index (χ3v) is 4.37. The Bertz CT molecular complexity index is 414. The lowest BCUT2D eigenvalue weighted by Crippen LogP contribution is -2.62. The van der Waals surface area contributed by atoms with Crippen LogP contribution in [-0.2, 0) is 11.3 Å². The van der Waals surface area contributed by atoms with Crippen LogP contribution in [0.25, 0.3) is 0 Å². The number of ketones is 1. The number of carbonyl (C=O) groups is 1. The summed E-state index contributed by atoms with van der Waals surface area (Å²) in [4.78, 5) is 14.4. The SMILES string of the molecule is O=C1CCC12CCCCN2Cc1ccccc1. The minimum Gasteiger partial charge on any atom is -0.298 e. The highest BCUT2D eigenvalue weighted by Gasteiger charge is 2.50. The van der Waals surface area contributed by atoms with Gasteiger partial charge >= 0.3 is 0 Å². The van der Waals surface area contributed by atoms with Gasteiger partial charge in [-0.1, -0.05) is 30.3 Å². The summed E-state index contributed by atoms with van der Waals surface area (Å²) in [7, 11) is 0. The van der Waals surface area contributed by atoms with Gasteiger partial charge in [0.2, 0.25) is 0 Å². The maximum atomic E-state index is 12.0. The van der Waals surface area contributed by atoms with E-state index in [9.17, 15) is 4.79 Å². The minimum absolute atomic E-state index is 0.0753. The Balaban J connectivity index is 1.79. The number of nitrogens with zero attached hydrogens (tertiary/aromatic N) is 1. The molecule has 17 heavy (non-hydrogen) atoms. The van der Waals surface area contributed by atoms with Gasteiger partial charge in [0.25, 0.3) is 0 Å². The Labute approximate surface area is 103 Å². The van der Waals surface area contributed by atoms with Crippen molar-refractivity contribution < 1.29 is 4.79 Å². The fourth-order valence-electron chi connectivity index (χ4n) is 3.24. The number of carbonyl (C=O) groups excluding carboxylic acids is 1. The van der Waals surface area contributed by atoms with Gasteiger partial charge in [0.05, 0.1) is 5.54 Å². The second-order valence-electron chi connectivity index (χ2n) is 5.32.